The number of hydrogen-bond donors (Lipinski definition) is 1. The van der Waals surface area contributed by atoms with Crippen molar-refractivity contribution >= 4 is 0 Å². The molecule has 2 heterocycles. The molecular formula is C28H33N3O5. The van der Waals surface area contributed by atoms with Gasteiger partial charge in [-0.05, 0) is 31.2 Å². The van der Waals surface area contributed by atoms with Gasteiger partial charge in [-0.3, -0.25) is 4.90 Å². The van der Waals surface area contributed by atoms with Gasteiger partial charge in [0.05, 0.1) is 38.2 Å². The number of aryl methyl sites for hydroxylation is 1. The van der Waals surface area contributed by atoms with E-state index in [1.54, 1.807) is 18.1 Å². The second kappa shape index (κ2) is 12.4. The molecule has 0 unspecified atom stereocenters. The van der Waals surface area contributed by atoms with Gasteiger partial charge < -0.3 is 23.7 Å². The van der Waals surface area contributed by atoms with Crippen LogP contribution in [0.2, 0.25) is 0 Å². The van der Waals surface area contributed by atoms with Gasteiger partial charge >= 0.3 is 0 Å². The lowest BCUT2D eigenvalue weighted by molar-refractivity contribution is 0.0167. The van der Waals surface area contributed by atoms with Crippen LogP contribution >= 0.6 is 0 Å². The number of nitrogens with zero attached hydrogens (tertiary/aromatic N) is 3. The van der Waals surface area contributed by atoms with Crippen LogP contribution in [-0.2, 0) is 24.9 Å². The quantitative estimate of drug-likeness (QED) is 0.285. The van der Waals surface area contributed by atoms with Gasteiger partial charge in [0.2, 0.25) is 5.88 Å². The van der Waals surface area contributed by atoms with Crippen molar-refractivity contribution in [3.05, 3.63) is 84.3 Å². The third-order valence-electron chi connectivity index (χ3n) is 5.72. The van der Waals surface area contributed by atoms with Crippen LogP contribution in [0.25, 0.3) is 11.3 Å². The SMILES string of the molecule is CCOC[C@H](O)CN(Cc1ccco1)Cc1c(-c2ccccc2)nn(C)c1Oc1cccc(OC)c1. The first-order chi connectivity index (χ1) is 17.6. The number of aromatic nitrogens is 2. The average molecular weight is 492 g/mol. The zero-order valence-corrected chi connectivity index (χ0v) is 21.0. The Morgan fingerprint density at radius 1 is 1.03 bits per heavy atom. The Hall–Kier alpha value is -3.59. The minimum atomic E-state index is -0.653. The number of ether oxygens (including phenoxy) is 3. The molecule has 0 amide bonds. The van der Waals surface area contributed by atoms with E-state index in [-0.39, 0.29) is 6.61 Å². The first-order valence-corrected chi connectivity index (χ1v) is 12.0. The summed E-state index contributed by atoms with van der Waals surface area (Å²) in [5.41, 5.74) is 2.71. The van der Waals surface area contributed by atoms with Gasteiger partial charge in [-0.2, -0.15) is 5.10 Å². The fourth-order valence-corrected chi connectivity index (χ4v) is 4.06. The Kier molecular flexibility index (Phi) is 8.78. The first kappa shape index (κ1) is 25.5. The lowest BCUT2D eigenvalue weighted by atomic mass is 10.1. The van der Waals surface area contributed by atoms with Crippen molar-refractivity contribution in [1.82, 2.24) is 14.7 Å². The van der Waals surface area contributed by atoms with Crippen molar-refractivity contribution in [2.75, 3.05) is 26.9 Å². The van der Waals surface area contributed by atoms with Gasteiger partial charge in [-0.15, -0.1) is 0 Å². The molecule has 0 bridgehead atoms. The Balaban J connectivity index is 1.70. The molecule has 8 heteroatoms. The Labute approximate surface area is 211 Å². The summed E-state index contributed by atoms with van der Waals surface area (Å²) in [6, 6.07) is 21.3. The van der Waals surface area contributed by atoms with Crippen molar-refractivity contribution in [2.45, 2.75) is 26.1 Å². The molecule has 8 nitrogen and oxygen atoms in total. The highest BCUT2D eigenvalue weighted by molar-refractivity contribution is 5.65. The number of aliphatic hydroxyl groups is 1. The second-order valence-corrected chi connectivity index (χ2v) is 8.47. The van der Waals surface area contributed by atoms with Gasteiger partial charge in [0, 0.05) is 38.4 Å². The molecule has 0 aliphatic heterocycles. The summed E-state index contributed by atoms with van der Waals surface area (Å²) >= 11 is 0. The predicted molar refractivity (Wildman–Crippen MR) is 137 cm³/mol. The van der Waals surface area contributed by atoms with E-state index in [0.717, 1.165) is 22.6 Å². The number of furan rings is 1. The highest BCUT2D eigenvalue weighted by Crippen LogP contribution is 2.35. The summed E-state index contributed by atoms with van der Waals surface area (Å²) in [4.78, 5) is 2.12. The third-order valence-corrected chi connectivity index (χ3v) is 5.72. The molecule has 0 aliphatic rings. The number of methoxy groups -OCH3 is 1. The lowest BCUT2D eigenvalue weighted by Crippen LogP contribution is -2.34. The van der Waals surface area contributed by atoms with Crippen LogP contribution in [-0.4, -0.2) is 52.8 Å². The van der Waals surface area contributed by atoms with Crippen molar-refractivity contribution in [1.29, 1.82) is 0 Å². The number of aliphatic hydroxyl groups excluding tert-OH is 1. The average Bonchev–Trinajstić information content (AvgIpc) is 3.51. The molecule has 4 rings (SSSR count). The van der Waals surface area contributed by atoms with Crippen LogP contribution < -0.4 is 9.47 Å². The molecule has 1 atom stereocenters. The van der Waals surface area contributed by atoms with Gasteiger partial charge in [0.25, 0.3) is 0 Å². The maximum Gasteiger partial charge on any atom is 0.222 e. The summed E-state index contributed by atoms with van der Waals surface area (Å²) in [5, 5.41) is 15.5. The monoisotopic (exact) mass is 491 g/mol. The van der Waals surface area contributed by atoms with E-state index in [1.807, 2.05) is 80.7 Å². The normalized spacial score (nSPS) is 12.1. The molecule has 2 aromatic heterocycles. The molecule has 36 heavy (non-hydrogen) atoms. The van der Waals surface area contributed by atoms with Gasteiger partial charge in [0.15, 0.2) is 0 Å². The molecule has 2 aromatic carbocycles. The topological polar surface area (TPSA) is 82.1 Å². The minimum absolute atomic E-state index is 0.261. The molecule has 0 aliphatic carbocycles. The number of hydrogen-bond acceptors (Lipinski definition) is 7. The molecule has 0 spiro atoms. The fourth-order valence-electron chi connectivity index (χ4n) is 4.06. The summed E-state index contributed by atoms with van der Waals surface area (Å²) in [6.45, 7) is 4.10. The van der Waals surface area contributed by atoms with Crippen LogP contribution in [0.3, 0.4) is 0 Å². The zero-order valence-electron chi connectivity index (χ0n) is 21.0. The summed E-state index contributed by atoms with van der Waals surface area (Å²) in [7, 11) is 3.49. The Bertz CT molecular complexity index is 1210. The number of rotatable bonds is 13. The maximum absolute atomic E-state index is 10.6. The van der Waals surface area contributed by atoms with Crippen molar-refractivity contribution in [2.24, 2.45) is 7.05 Å². The van der Waals surface area contributed by atoms with Crippen LogP contribution in [0.1, 0.15) is 18.2 Å². The molecule has 1 N–H and O–H groups in total. The smallest absolute Gasteiger partial charge is 0.222 e. The first-order valence-electron chi connectivity index (χ1n) is 12.0. The highest BCUT2D eigenvalue weighted by Gasteiger charge is 2.24. The highest BCUT2D eigenvalue weighted by atomic mass is 16.5. The lowest BCUT2D eigenvalue weighted by Gasteiger charge is -2.24. The third kappa shape index (κ3) is 6.54. The summed E-state index contributed by atoms with van der Waals surface area (Å²) < 4.78 is 24.6. The molecule has 0 radical (unpaired) electrons. The van der Waals surface area contributed by atoms with Gasteiger partial charge in [0.1, 0.15) is 23.0 Å². The summed E-state index contributed by atoms with van der Waals surface area (Å²) in [6.07, 6.45) is 1.00. The van der Waals surface area contributed by atoms with E-state index in [0.29, 0.717) is 43.6 Å². The van der Waals surface area contributed by atoms with Gasteiger partial charge in [-0.25, -0.2) is 4.68 Å². The Morgan fingerprint density at radius 2 is 1.83 bits per heavy atom. The van der Waals surface area contributed by atoms with E-state index in [2.05, 4.69) is 4.90 Å². The molecule has 4 aromatic rings. The van der Waals surface area contributed by atoms with Crippen molar-refractivity contribution in [3.63, 3.8) is 0 Å². The minimum Gasteiger partial charge on any atom is -0.497 e. The van der Waals surface area contributed by atoms with E-state index in [1.165, 1.54) is 0 Å². The van der Waals surface area contributed by atoms with E-state index < -0.39 is 6.10 Å². The van der Waals surface area contributed by atoms with Crippen LogP contribution in [0.15, 0.2) is 77.4 Å². The van der Waals surface area contributed by atoms with E-state index in [9.17, 15) is 5.11 Å². The fraction of sp³-hybridized carbons (Fsp3) is 0.321. The van der Waals surface area contributed by atoms with Crippen molar-refractivity contribution in [3.8, 4) is 28.6 Å². The Morgan fingerprint density at radius 3 is 2.56 bits per heavy atom. The van der Waals surface area contributed by atoms with E-state index in [4.69, 9.17) is 23.7 Å². The largest absolute Gasteiger partial charge is 0.497 e. The summed E-state index contributed by atoms with van der Waals surface area (Å²) in [5.74, 6) is 2.77. The second-order valence-electron chi connectivity index (χ2n) is 8.47. The maximum atomic E-state index is 10.6. The van der Waals surface area contributed by atoms with Crippen LogP contribution in [0.4, 0.5) is 0 Å². The van der Waals surface area contributed by atoms with Gasteiger partial charge in [-0.1, -0.05) is 36.4 Å². The van der Waals surface area contributed by atoms with Crippen LogP contribution in [0.5, 0.6) is 17.4 Å². The van der Waals surface area contributed by atoms with Crippen molar-refractivity contribution < 1.29 is 23.7 Å². The number of benzene rings is 2. The molecule has 0 saturated carbocycles. The molecule has 0 saturated heterocycles. The molecular weight excluding hydrogens is 458 g/mol. The molecule has 190 valence electrons. The standard InChI is InChI=1S/C28H33N3O5/c1-4-34-20-22(32)17-31(18-25-14-9-15-35-25)19-26-27(21-10-6-5-7-11-21)29-30(2)28(26)36-24-13-8-12-23(16-24)33-3/h5-16,22,32H,4,17-20H2,1-3H3/t22-/m1/s1. The molecule has 0 fully saturated rings. The predicted octanol–water partition coefficient (Wildman–Crippen LogP) is 4.88. The zero-order chi connectivity index (χ0) is 25.3. The van der Waals surface area contributed by atoms with Crippen LogP contribution in [0, 0.1) is 0 Å². The van der Waals surface area contributed by atoms with E-state index >= 15 is 0 Å².